The number of hydrogen-bond acceptors (Lipinski definition) is 3. The highest BCUT2D eigenvalue weighted by Crippen LogP contribution is 2.17. The topological polar surface area (TPSA) is 38.1 Å². The molecule has 3 nitrogen and oxygen atoms in total. The van der Waals surface area contributed by atoms with Crippen LogP contribution in [0, 0.1) is 0 Å². The van der Waals surface area contributed by atoms with Gasteiger partial charge in [-0.2, -0.15) is 0 Å². The maximum atomic E-state index is 5.06. The molecule has 0 fully saturated rings. The van der Waals surface area contributed by atoms with Crippen molar-refractivity contribution in [1.29, 1.82) is 0 Å². The van der Waals surface area contributed by atoms with Gasteiger partial charge in [-0.3, -0.25) is 4.98 Å². The van der Waals surface area contributed by atoms with E-state index in [2.05, 4.69) is 10.3 Å². The second-order valence-electron chi connectivity index (χ2n) is 3.46. The Balaban J connectivity index is 2.12. The molecule has 0 aliphatic heterocycles. The van der Waals surface area contributed by atoms with E-state index in [1.54, 1.807) is 12.5 Å². The summed E-state index contributed by atoms with van der Waals surface area (Å²) in [5.74, 6) is 0. The summed E-state index contributed by atoms with van der Waals surface area (Å²) in [6.45, 7) is 0. The van der Waals surface area contributed by atoms with Gasteiger partial charge in [0.1, 0.15) is 0 Å². The van der Waals surface area contributed by atoms with Crippen LogP contribution in [0.1, 0.15) is 17.2 Å². The van der Waals surface area contributed by atoms with Crippen molar-refractivity contribution in [3.63, 3.8) is 0 Å². The summed E-state index contributed by atoms with van der Waals surface area (Å²) in [4.78, 5) is 4.01. The Morgan fingerprint density at radius 1 is 1.33 bits per heavy atom. The van der Waals surface area contributed by atoms with Crippen molar-refractivity contribution in [3.8, 4) is 0 Å². The lowest BCUT2D eigenvalue weighted by atomic mass is 10.0. The van der Waals surface area contributed by atoms with Crippen LogP contribution in [0.15, 0.2) is 47.5 Å². The number of rotatable bonds is 4. The molecule has 1 N–H and O–H groups in total. The molecule has 1 atom stereocenters. The standard InChI is InChI=1S/C12H14N2O/c1-13-12(8-10-4-7-15-9-10)11-2-5-14-6-3-11/h2-7,9,12-13H,8H2,1H3. The zero-order valence-electron chi connectivity index (χ0n) is 8.68. The molecule has 0 saturated carbocycles. The molecule has 0 aliphatic carbocycles. The minimum atomic E-state index is 0.311. The van der Waals surface area contributed by atoms with Crippen molar-refractivity contribution in [1.82, 2.24) is 10.3 Å². The minimum absolute atomic E-state index is 0.311. The lowest BCUT2D eigenvalue weighted by Gasteiger charge is -2.15. The third-order valence-electron chi connectivity index (χ3n) is 2.48. The highest BCUT2D eigenvalue weighted by molar-refractivity contribution is 5.19. The predicted octanol–water partition coefficient (Wildman–Crippen LogP) is 2.18. The van der Waals surface area contributed by atoms with Crippen molar-refractivity contribution in [2.75, 3.05) is 7.05 Å². The van der Waals surface area contributed by atoms with Crippen molar-refractivity contribution >= 4 is 0 Å². The summed E-state index contributed by atoms with van der Waals surface area (Å²) < 4.78 is 5.06. The summed E-state index contributed by atoms with van der Waals surface area (Å²) in [5, 5.41) is 3.29. The smallest absolute Gasteiger partial charge is 0.0935 e. The summed E-state index contributed by atoms with van der Waals surface area (Å²) in [6.07, 6.45) is 8.04. The van der Waals surface area contributed by atoms with Gasteiger partial charge in [0, 0.05) is 18.4 Å². The van der Waals surface area contributed by atoms with Crippen LogP contribution in [-0.4, -0.2) is 12.0 Å². The Hall–Kier alpha value is -1.61. The van der Waals surface area contributed by atoms with E-state index in [-0.39, 0.29) is 0 Å². The Morgan fingerprint density at radius 2 is 2.13 bits per heavy atom. The first-order valence-electron chi connectivity index (χ1n) is 4.98. The first kappa shape index (κ1) is 9.93. The molecule has 1 unspecified atom stereocenters. The van der Waals surface area contributed by atoms with Crippen LogP contribution >= 0.6 is 0 Å². The molecule has 2 heterocycles. The average molecular weight is 202 g/mol. The van der Waals surface area contributed by atoms with Crippen molar-refractivity contribution in [2.24, 2.45) is 0 Å². The van der Waals surface area contributed by atoms with Gasteiger partial charge in [0.05, 0.1) is 12.5 Å². The monoisotopic (exact) mass is 202 g/mol. The van der Waals surface area contributed by atoms with E-state index in [1.165, 1.54) is 11.1 Å². The van der Waals surface area contributed by atoms with Gasteiger partial charge in [-0.15, -0.1) is 0 Å². The van der Waals surface area contributed by atoms with Gasteiger partial charge < -0.3 is 9.73 Å². The zero-order valence-corrected chi connectivity index (χ0v) is 8.68. The van der Waals surface area contributed by atoms with Gasteiger partial charge >= 0.3 is 0 Å². The van der Waals surface area contributed by atoms with E-state index in [4.69, 9.17) is 4.42 Å². The molecule has 0 saturated heterocycles. The average Bonchev–Trinajstić information content (AvgIpc) is 2.80. The van der Waals surface area contributed by atoms with Gasteiger partial charge in [0.15, 0.2) is 0 Å². The van der Waals surface area contributed by atoms with E-state index in [0.29, 0.717) is 6.04 Å². The van der Waals surface area contributed by atoms with Crippen molar-refractivity contribution in [2.45, 2.75) is 12.5 Å². The summed E-state index contributed by atoms with van der Waals surface area (Å²) >= 11 is 0. The molecular formula is C12H14N2O. The normalized spacial score (nSPS) is 12.6. The second kappa shape index (κ2) is 4.75. The quantitative estimate of drug-likeness (QED) is 0.825. The molecule has 0 spiro atoms. The minimum Gasteiger partial charge on any atom is -0.472 e. The van der Waals surface area contributed by atoms with Crippen molar-refractivity contribution in [3.05, 3.63) is 54.2 Å². The van der Waals surface area contributed by atoms with Crippen LogP contribution in [0.4, 0.5) is 0 Å². The molecule has 0 amide bonds. The van der Waals surface area contributed by atoms with E-state index in [0.717, 1.165) is 6.42 Å². The van der Waals surface area contributed by atoms with Gasteiger partial charge in [-0.1, -0.05) is 0 Å². The molecule has 78 valence electrons. The number of hydrogen-bond donors (Lipinski definition) is 1. The molecule has 2 aromatic heterocycles. The molecular weight excluding hydrogens is 188 g/mol. The number of pyridine rings is 1. The fraction of sp³-hybridized carbons (Fsp3) is 0.250. The summed E-state index contributed by atoms with van der Waals surface area (Å²) in [6, 6.07) is 6.36. The maximum absolute atomic E-state index is 5.06. The zero-order chi connectivity index (χ0) is 10.5. The van der Waals surface area contributed by atoms with E-state index >= 15 is 0 Å². The fourth-order valence-electron chi connectivity index (χ4n) is 1.63. The lowest BCUT2D eigenvalue weighted by molar-refractivity contribution is 0.551. The second-order valence-corrected chi connectivity index (χ2v) is 3.46. The fourth-order valence-corrected chi connectivity index (χ4v) is 1.63. The Kier molecular flexibility index (Phi) is 3.15. The largest absolute Gasteiger partial charge is 0.472 e. The summed E-state index contributed by atoms with van der Waals surface area (Å²) in [5.41, 5.74) is 2.44. The Morgan fingerprint density at radius 3 is 2.73 bits per heavy atom. The molecule has 0 radical (unpaired) electrons. The first-order chi connectivity index (χ1) is 7.40. The third-order valence-corrected chi connectivity index (χ3v) is 2.48. The van der Waals surface area contributed by atoms with E-state index in [9.17, 15) is 0 Å². The van der Waals surface area contributed by atoms with E-state index < -0.39 is 0 Å². The van der Waals surface area contributed by atoms with Crippen molar-refractivity contribution < 1.29 is 4.42 Å². The first-order valence-corrected chi connectivity index (χ1v) is 4.98. The number of likely N-dealkylation sites (N-methyl/N-ethyl adjacent to an activating group) is 1. The SMILES string of the molecule is CNC(Cc1ccoc1)c1ccncc1. The van der Waals surface area contributed by atoms with Crippen LogP contribution in [-0.2, 0) is 6.42 Å². The Labute approximate surface area is 89.1 Å². The number of aromatic nitrogens is 1. The molecule has 0 bridgehead atoms. The van der Waals surface area contributed by atoms with Crippen LogP contribution in [0.5, 0.6) is 0 Å². The summed E-state index contributed by atoms with van der Waals surface area (Å²) in [7, 11) is 1.96. The molecule has 15 heavy (non-hydrogen) atoms. The Bertz CT molecular complexity index is 383. The van der Waals surface area contributed by atoms with Gasteiger partial charge in [0.2, 0.25) is 0 Å². The van der Waals surface area contributed by atoms with Crippen LogP contribution in [0.3, 0.4) is 0 Å². The third kappa shape index (κ3) is 2.44. The van der Waals surface area contributed by atoms with Gasteiger partial charge in [0.25, 0.3) is 0 Å². The van der Waals surface area contributed by atoms with E-state index in [1.807, 2.05) is 37.6 Å². The predicted molar refractivity (Wildman–Crippen MR) is 58.4 cm³/mol. The highest BCUT2D eigenvalue weighted by atomic mass is 16.3. The maximum Gasteiger partial charge on any atom is 0.0935 e. The van der Waals surface area contributed by atoms with Gasteiger partial charge in [-0.05, 0) is 42.8 Å². The lowest BCUT2D eigenvalue weighted by Crippen LogP contribution is -2.18. The molecule has 0 aromatic carbocycles. The number of nitrogens with one attached hydrogen (secondary N) is 1. The number of furan rings is 1. The van der Waals surface area contributed by atoms with Gasteiger partial charge in [-0.25, -0.2) is 0 Å². The number of nitrogens with zero attached hydrogens (tertiary/aromatic N) is 1. The van der Waals surface area contributed by atoms with Crippen LogP contribution in [0.25, 0.3) is 0 Å². The molecule has 2 aromatic rings. The molecule has 0 aliphatic rings. The van der Waals surface area contributed by atoms with Crippen LogP contribution < -0.4 is 5.32 Å². The highest BCUT2D eigenvalue weighted by Gasteiger charge is 2.09. The van der Waals surface area contributed by atoms with Crippen LogP contribution in [0.2, 0.25) is 0 Å². The molecule has 2 rings (SSSR count). The molecule has 3 heteroatoms.